The summed E-state index contributed by atoms with van der Waals surface area (Å²) in [6.45, 7) is 4.44. The van der Waals surface area contributed by atoms with Gasteiger partial charge in [0.2, 0.25) is 5.91 Å². The summed E-state index contributed by atoms with van der Waals surface area (Å²) >= 11 is 1.67. The number of amides is 2. The Morgan fingerprint density at radius 2 is 1.88 bits per heavy atom. The van der Waals surface area contributed by atoms with E-state index < -0.39 is 0 Å². The van der Waals surface area contributed by atoms with Crippen LogP contribution in [0.15, 0.2) is 35.7 Å². The molecule has 0 aliphatic carbocycles. The molecular weight excluding hydrogens is 334 g/mol. The molecule has 0 saturated carbocycles. The van der Waals surface area contributed by atoms with Gasteiger partial charge in [0, 0.05) is 17.0 Å². The van der Waals surface area contributed by atoms with Crippen molar-refractivity contribution in [3.63, 3.8) is 0 Å². The molecule has 5 nitrogen and oxygen atoms in total. The number of nitrogens with one attached hydrogen (secondary N) is 2. The topological polar surface area (TPSA) is 61.4 Å². The summed E-state index contributed by atoms with van der Waals surface area (Å²) in [6, 6.07) is 9.70. The summed E-state index contributed by atoms with van der Waals surface area (Å²) in [5.41, 5.74) is 2.76. The number of aryl methyl sites for hydroxylation is 2. The zero-order chi connectivity index (χ0) is 18.4. The van der Waals surface area contributed by atoms with E-state index in [1.165, 1.54) is 4.88 Å². The van der Waals surface area contributed by atoms with Crippen LogP contribution in [-0.4, -0.2) is 43.9 Å². The second kappa shape index (κ2) is 8.78. The highest BCUT2D eigenvalue weighted by molar-refractivity contribution is 7.10. The van der Waals surface area contributed by atoms with Gasteiger partial charge in [0.25, 0.3) is 5.91 Å². The molecule has 25 heavy (non-hydrogen) atoms. The number of carbonyl (C=O) groups excluding carboxylic acids is 2. The molecule has 1 aromatic heterocycles. The Labute approximate surface area is 153 Å². The predicted octanol–water partition coefficient (Wildman–Crippen LogP) is 2.51. The van der Waals surface area contributed by atoms with E-state index in [1.807, 2.05) is 51.5 Å². The van der Waals surface area contributed by atoms with Crippen molar-refractivity contribution in [1.82, 2.24) is 15.5 Å². The maximum Gasteiger partial charge on any atom is 0.251 e. The van der Waals surface area contributed by atoms with Gasteiger partial charge in [0.05, 0.1) is 12.6 Å². The zero-order valence-electron chi connectivity index (χ0n) is 15.1. The van der Waals surface area contributed by atoms with E-state index in [0.29, 0.717) is 12.1 Å². The van der Waals surface area contributed by atoms with Crippen LogP contribution in [0.3, 0.4) is 0 Å². The minimum absolute atomic E-state index is 0.0314. The van der Waals surface area contributed by atoms with Gasteiger partial charge in [-0.2, -0.15) is 0 Å². The van der Waals surface area contributed by atoms with Gasteiger partial charge in [-0.15, -0.1) is 11.3 Å². The van der Waals surface area contributed by atoms with Gasteiger partial charge >= 0.3 is 0 Å². The molecule has 0 bridgehead atoms. The van der Waals surface area contributed by atoms with E-state index in [-0.39, 0.29) is 24.4 Å². The predicted molar refractivity (Wildman–Crippen MR) is 102 cm³/mol. The second-order valence-electron chi connectivity index (χ2n) is 6.28. The highest BCUT2D eigenvalue weighted by Crippen LogP contribution is 2.22. The number of thiophene rings is 1. The number of hydrogen-bond acceptors (Lipinski definition) is 4. The number of carbonyl (C=O) groups is 2. The lowest BCUT2D eigenvalue weighted by molar-refractivity contribution is -0.120. The van der Waals surface area contributed by atoms with Crippen LogP contribution < -0.4 is 10.6 Å². The molecule has 0 spiro atoms. The SMILES string of the molecule is Cc1ccc(C(=O)NCC(=O)NC[C@H](c2cccs2)N(C)C)cc1C. The van der Waals surface area contributed by atoms with Crippen molar-refractivity contribution in [2.75, 3.05) is 27.2 Å². The van der Waals surface area contributed by atoms with E-state index in [2.05, 4.69) is 21.6 Å². The molecule has 2 N–H and O–H groups in total. The molecule has 1 atom stereocenters. The third-order valence-corrected chi connectivity index (χ3v) is 5.14. The lowest BCUT2D eigenvalue weighted by atomic mass is 10.1. The molecule has 6 heteroatoms. The average molecular weight is 359 g/mol. The fourth-order valence-electron chi connectivity index (χ4n) is 2.44. The van der Waals surface area contributed by atoms with Gasteiger partial charge in [-0.05, 0) is 62.6 Å². The maximum absolute atomic E-state index is 12.1. The summed E-state index contributed by atoms with van der Waals surface area (Å²) in [6.07, 6.45) is 0. The van der Waals surface area contributed by atoms with Crippen LogP contribution in [0.5, 0.6) is 0 Å². The Balaban J connectivity index is 1.83. The first-order valence-corrected chi connectivity index (χ1v) is 9.08. The van der Waals surface area contributed by atoms with Gasteiger partial charge in [-0.25, -0.2) is 0 Å². The van der Waals surface area contributed by atoms with Crippen LogP contribution in [0.25, 0.3) is 0 Å². The van der Waals surface area contributed by atoms with Gasteiger partial charge in [0.1, 0.15) is 0 Å². The van der Waals surface area contributed by atoms with Crippen molar-refractivity contribution in [3.8, 4) is 0 Å². The van der Waals surface area contributed by atoms with Gasteiger partial charge < -0.3 is 15.5 Å². The van der Waals surface area contributed by atoms with Crippen LogP contribution in [-0.2, 0) is 4.79 Å². The van der Waals surface area contributed by atoms with Gasteiger partial charge in [0.15, 0.2) is 0 Å². The van der Waals surface area contributed by atoms with Crippen molar-refractivity contribution >= 4 is 23.2 Å². The Morgan fingerprint density at radius 1 is 1.12 bits per heavy atom. The van der Waals surface area contributed by atoms with Crippen LogP contribution in [0.1, 0.15) is 32.4 Å². The minimum Gasteiger partial charge on any atom is -0.353 e. The maximum atomic E-state index is 12.1. The van der Waals surface area contributed by atoms with Crippen molar-refractivity contribution in [2.45, 2.75) is 19.9 Å². The molecule has 0 fully saturated rings. The Morgan fingerprint density at radius 3 is 2.48 bits per heavy atom. The molecular formula is C19H25N3O2S. The third kappa shape index (κ3) is 5.41. The van der Waals surface area contributed by atoms with E-state index in [4.69, 9.17) is 0 Å². The lowest BCUT2D eigenvalue weighted by Crippen LogP contribution is -2.40. The van der Waals surface area contributed by atoms with E-state index in [0.717, 1.165) is 11.1 Å². The summed E-state index contributed by atoms with van der Waals surface area (Å²) in [5, 5.41) is 7.59. The molecule has 0 aliphatic heterocycles. The van der Waals surface area contributed by atoms with Gasteiger partial charge in [-0.3, -0.25) is 9.59 Å². The molecule has 2 rings (SSSR count). The Hall–Kier alpha value is -2.18. The van der Waals surface area contributed by atoms with Crippen LogP contribution in [0.4, 0.5) is 0 Å². The quantitative estimate of drug-likeness (QED) is 0.798. The molecule has 2 amide bonds. The fraction of sp³-hybridized carbons (Fsp3) is 0.368. The second-order valence-corrected chi connectivity index (χ2v) is 7.26. The average Bonchev–Trinajstić information content (AvgIpc) is 3.09. The fourth-order valence-corrected chi connectivity index (χ4v) is 3.36. The lowest BCUT2D eigenvalue weighted by Gasteiger charge is -2.23. The summed E-state index contributed by atoms with van der Waals surface area (Å²) in [4.78, 5) is 27.5. The molecule has 0 saturated heterocycles. The number of hydrogen-bond donors (Lipinski definition) is 2. The van der Waals surface area contributed by atoms with E-state index >= 15 is 0 Å². The largest absolute Gasteiger partial charge is 0.353 e. The van der Waals surface area contributed by atoms with Crippen LogP contribution >= 0.6 is 11.3 Å². The third-order valence-electron chi connectivity index (χ3n) is 4.17. The Bertz CT molecular complexity index is 726. The van der Waals surface area contributed by atoms with Crippen molar-refractivity contribution in [3.05, 3.63) is 57.3 Å². The molecule has 0 aliphatic rings. The summed E-state index contributed by atoms with van der Waals surface area (Å²) in [7, 11) is 3.97. The van der Waals surface area contributed by atoms with Crippen molar-refractivity contribution < 1.29 is 9.59 Å². The molecule has 0 unspecified atom stereocenters. The van der Waals surface area contributed by atoms with Crippen molar-refractivity contribution in [2.24, 2.45) is 0 Å². The highest BCUT2D eigenvalue weighted by atomic mass is 32.1. The van der Waals surface area contributed by atoms with Gasteiger partial charge in [-0.1, -0.05) is 12.1 Å². The number of likely N-dealkylation sites (N-methyl/N-ethyl adjacent to an activating group) is 1. The van der Waals surface area contributed by atoms with Crippen LogP contribution in [0, 0.1) is 13.8 Å². The smallest absolute Gasteiger partial charge is 0.251 e. The zero-order valence-corrected chi connectivity index (χ0v) is 15.9. The normalized spacial score (nSPS) is 12.0. The van der Waals surface area contributed by atoms with Crippen molar-refractivity contribution in [1.29, 1.82) is 0 Å². The molecule has 1 heterocycles. The number of rotatable bonds is 7. The molecule has 2 aromatic rings. The number of nitrogens with zero attached hydrogens (tertiary/aromatic N) is 1. The van der Waals surface area contributed by atoms with E-state index in [9.17, 15) is 9.59 Å². The molecule has 134 valence electrons. The first kappa shape index (κ1) is 19.1. The van der Waals surface area contributed by atoms with Crippen LogP contribution in [0.2, 0.25) is 0 Å². The summed E-state index contributed by atoms with van der Waals surface area (Å²) in [5.74, 6) is -0.429. The molecule has 0 radical (unpaired) electrons. The first-order chi connectivity index (χ1) is 11.9. The molecule has 1 aromatic carbocycles. The number of benzene rings is 1. The van der Waals surface area contributed by atoms with E-state index in [1.54, 1.807) is 17.4 Å². The standard InChI is InChI=1S/C19H25N3O2S/c1-13-7-8-15(10-14(13)2)19(24)21-12-18(23)20-11-16(22(3)4)17-6-5-9-25-17/h5-10,16H,11-12H2,1-4H3,(H,20,23)(H,21,24)/t16-/m1/s1. The monoisotopic (exact) mass is 359 g/mol. The Kier molecular flexibility index (Phi) is 6.73. The summed E-state index contributed by atoms with van der Waals surface area (Å²) < 4.78 is 0. The minimum atomic E-state index is -0.235. The highest BCUT2D eigenvalue weighted by Gasteiger charge is 2.16. The first-order valence-electron chi connectivity index (χ1n) is 8.20.